The maximum atomic E-state index is 13.1. The van der Waals surface area contributed by atoms with E-state index in [2.05, 4.69) is 32.2 Å². The van der Waals surface area contributed by atoms with Crippen LogP contribution in [0.15, 0.2) is 64.1 Å². The number of hydrogen-bond donors (Lipinski definition) is 1. The molecule has 1 aliphatic heterocycles. The zero-order valence-corrected chi connectivity index (χ0v) is 24.3. The smallest absolute Gasteiger partial charge is 0.254 e. The number of rotatable bonds is 5. The van der Waals surface area contributed by atoms with Crippen LogP contribution in [-0.2, 0) is 16.1 Å². The molecule has 1 aromatic heterocycles. The van der Waals surface area contributed by atoms with Gasteiger partial charge in [0, 0.05) is 59.6 Å². The van der Waals surface area contributed by atoms with Gasteiger partial charge >= 0.3 is 0 Å². The van der Waals surface area contributed by atoms with Gasteiger partial charge in [0.25, 0.3) is 5.91 Å². The Bertz CT molecular complexity index is 1510. The Hall–Kier alpha value is -3.36. The van der Waals surface area contributed by atoms with Crippen LogP contribution in [0.25, 0.3) is 10.9 Å². The highest BCUT2D eigenvalue weighted by molar-refractivity contribution is 9.10. The number of carbonyl (C=O) groups is 3. The number of anilines is 1. The highest BCUT2D eigenvalue weighted by Gasteiger charge is 2.37. The number of ketones is 2. The minimum absolute atomic E-state index is 0.00790. The zero-order valence-electron chi connectivity index (χ0n) is 22.8. The second-order valence-electron chi connectivity index (χ2n) is 10.6. The Balaban J connectivity index is 1.36. The monoisotopic (exact) mass is 588 g/mol. The number of halogens is 1. The van der Waals surface area contributed by atoms with Crippen LogP contribution in [-0.4, -0.2) is 64.5 Å². The number of carbonyl (C=O) groups excluding carboxylic acids is 3. The number of Topliss-reactive ketones (excluding diaryl/α,β-unsaturated/α-hetero) is 2. The van der Waals surface area contributed by atoms with Crippen molar-refractivity contribution in [3.05, 3.63) is 80.8 Å². The van der Waals surface area contributed by atoms with Crippen molar-refractivity contribution >= 4 is 50.1 Å². The van der Waals surface area contributed by atoms with Crippen molar-refractivity contribution in [2.24, 2.45) is 5.92 Å². The van der Waals surface area contributed by atoms with E-state index in [4.69, 9.17) is 4.98 Å². The second kappa shape index (κ2) is 11.0. The van der Waals surface area contributed by atoms with Gasteiger partial charge in [-0.15, -0.1) is 0 Å². The van der Waals surface area contributed by atoms with E-state index in [0.29, 0.717) is 36.6 Å². The topological polar surface area (TPSA) is 82.6 Å². The van der Waals surface area contributed by atoms with Gasteiger partial charge in [-0.3, -0.25) is 19.3 Å². The van der Waals surface area contributed by atoms with Gasteiger partial charge in [-0.1, -0.05) is 47.1 Å². The SMILES string of the molecule is CC1=C(C)C(=O)[C@@H](C)C(Nc2cc(CN3CCN(C(=O)c4ccccc4C)CC3)c3ccc(Br)cc3n2)C1=O. The van der Waals surface area contributed by atoms with Gasteiger partial charge in [-0.05, 0) is 61.7 Å². The number of piperazine rings is 1. The first-order chi connectivity index (χ1) is 18.6. The number of aromatic nitrogens is 1. The van der Waals surface area contributed by atoms with Crippen LogP contribution in [0.2, 0.25) is 0 Å². The molecule has 0 bridgehead atoms. The van der Waals surface area contributed by atoms with Crippen molar-refractivity contribution in [2.45, 2.75) is 40.3 Å². The van der Waals surface area contributed by atoms with E-state index in [0.717, 1.165) is 45.2 Å². The number of pyridine rings is 1. The Morgan fingerprint density at radius 1 is 0.974 bits per heavy atom. The molecule has 202 valence electrons. The average Bonchev–Trinajstić information content (AvgIpc) is 2.93. The number of benzene rings is 2. The molecule has 2 atom stereocenters. The zero-order chi connectivity index (χ0) is 27.8. The molecule has 7 nitrogen and oxygen atoms in total. The molecule has 0 radical (unpaired) electrons. The first kappa shape index (κ1) is 27.2. The van der Waals surface area contributed by atoms with Crippen molar-refractivity contribution in [3.8, 4) is 0 Å². The highest BCUT2D eigenvalue weighted by atomic mass is 79.9. The molecule has 0 saturated carbocycles. The lowest BCUT2D eigenvalue weighted by atomic mass is 9.80. The van der Waals surface area contributed by atoms with E-state index in [1.54, 1.807) is 20.8 Å². The lowest BCUT2D eigenvalue weighted by Crippen LogP contribution is -2.48. The molecular weight excluding hydrogens is 556 g/mol. The van der Waals surface area contributed by atoms with Crippen molar-refractivity contribution in [1.29, 1.82) is 0 Å². The van der Waals surface area contributed by atoms with E-state index in [-0.39, 0.29) is 17.5 Å². The number of nitrogens with one attached hydrogen (secondary N) is 1. The van der Waals surface area contributed by atoms with E-state index >= 15 is 0 Å². The normalized spacial score (nSPS) is 20.6. The maximum absolute atomic E-state index is 13.1. The van der Waals surface area contributed by atoms with Crippen LogP contribution in [0.3, 0.4) is 0 Å². The molecule has 3 aromatic rings. The molecule has 2 heterocycles. The summed E-state index contributed by atoms with van der Waals surface area (Å²) in [5.41, 5.74) is 4.70. The van der Waals surface area contributed by atoms with Crippen molar-refractivity contribution in [3.63, 3.8) is 0 Å². The van der Waals surface area contributed by atoms with Crippen LogP contribution >= 0.6 is 15.9 Å². The van der Waals surface area contributed by atoms with Crippen LogP contribution in [0.5, 0.6) is 0 Å². The Morgan fingerprint density at radius 3 is 2.38 bits per heavy atom. The largest absolute Gasteiger partial charge is 0.359 e. The fourth-order valence-electron chi connectivity index (χ4n) is 5.48. The van der Waals surface area contributed by atoms with Crippen LogP contribution in [0, 0.1) is 12.8 Å². The number of allylic oxidation sites excluding steroid dienone is 1. The standard InChI is InChI=1S/C31H33BrN4O3/c1-18-7-5-6-8-24(18)31(39)36-13-11-35(12-14-36)17-22-15-27(33-26-16-23(32)9-10-25(22)26)34-28-21(4)29(37)19(2)20(3)30(28)38/h5-10,15-16,21,28H,11-14,17H2,1-4H3,(H,33,34)/t21-,28?/m0/s1. The fourth-order valence-corrected chi connectivity index (χ4v) is 5.83. The molecule has 0 spiro atoms. The summed E-state index contributed by atoms with van der Waals surface area (Å²) in [7, 11) is 0. The van der Waals surface area contributed by atoms with Crippen molar-refractivity contribution < 1.29 is 14.4 Å². The van der Waals surface area contributed by atoms with Crippen LogP contribution in [0.1, 0.15) is 42.3 Å². The molecule has 1 N–H and O–H groups in total. The quantitative estimate of drug-likeness (QED) is 0.443. The van der Waals surface area contributed by atoms with Crippen molar-refractivity contribution in [1.82, 2.24) is 14.8 Å². The van der Waals surface area contributed by atoms with Gasteiger partial charge in [0.2, 0.25) is 0 Å². The van der Waals surface area contributed by atoms with E-state index in [1.165, 1.54) is 0 Å². The number of hydrogen-bond acceptors (Lipinski definition) is 6. The third kappa shape index (κ3) is 5.40. The lowest BCUT2D eigenvalue weighted by molar-refractivity contribution is -0.126. The predicted molar refractivity (Wildman–Crippen MR) is 157 cm³/mol. The Labute approximate surface area is 237 Å². The van der Waals surface area contributed by atoms with Gasteiger partial charge in [-0.25, -0.2) is 4.98 Å². The van der Waals surface area contributed by atoms with Crippen LogP contribution in [0.4, 0.5) is 5.82 Å². The highest BCUT2D eigenvalue weighted by Crippen LogP contribution is 2.29. The van der Waals surface area contributed by atoms with Gasteiger partial charge in [0.15, 0.2) is 11.6 Å². The summed E-state index contributed by atoms with van der Waals surface area (Å²) >= 11 is 3.55. The van der Waals surface area contributed by atoms with Crippen LogP contribution < -0.4 is 5.32 Å². The lowest BCUT2D eigenvalue weighted by Gasteiger charge is -2.35. The molecule has 1 amide bonds. The summed E-state index contributed by atoms with van der Waals surface area (Å²) in [5, 5.41) is 4.33. The summed E-state index contributed by atoms with van der Waals surface area (Å²) in [6.45, 7) is 10.7. The average molecular weight is 590 g/mol. The molecule has 1 fully saturated rings. The first-order valence-corrected chi connectivity index (χ1v) is 14.1. The molecule has 2 aliphatic rings. The Morgan fingerprint density at radius 2 is 1.67 bits per heavy atom. The predicted octanol–water partition coefficient (Wildman–Crippen LogP) is 5.17. The van der Waals surface area contributed by atoms with Gasteiger partial charge < -0.3 is 10.2 Å². The summed E-state index contributed by atoms with van der Waals surface area (Å²) in [6, 6.07) is 15.1. The Kier molecular flexibility index (Phi) is 7.69. The molecule has 1 saturated heterocycles. The van der Waals surface area contributed by atoms with Gasteiger partial charge in [0.05, 0.1) is 5.52 Å². The third-order valence-corrected chi connectivity index (χ3v) is 8.58. The van der Waals surface area contributed by atoms with Crippen molar-refractivity contribution in [2.75, 3.05) is 31.5 Å². The number of amides is 1. The fraction of sp³-hybridized carbons (Fsp3) is 0.355. The summed E-state index contributed by atoms with van der Waals surface area (Å²) in [4.78, 5) is 48.0. The minimum Gasteiger partial charge on any atom is -0.359 e. The number of nitrogens with zero attached hydrogens (tertiary/aromatic N) is 3. The maximum Gasteiger partial charge on any atom is 0.254 e. The summed E-state index contributed by atoms with van der Waals surface area (Å²) < 4.78 is 0.917. The molecule has 1 aliphatic carbocycles. The molecule has 2 aromatic carbocycles. The molecule has 1 unspecified atom stereocenters. The van der Waals surface area contributed by atoms with E-state index in [1.807, 2.05) is 54.3 Å². The minimum atomic E-state index is -0.651. The molecule has 8 heteroatoms. The molecule has 39 heavy (non-hydrogen) atoms. The van der Waals surface area contributed by atoms with Gasteiger partial charge in [-0.2, -0.15) is 0 Å². The van der Waals surface area contributed by atoms with E-state index in [9.17, 15) is 14.4 Å². The second-order valence-corrected chi connectivity index (χ2v) is 11.5. The van der Waals surface area contributed by atoms with Gasteiger partial charge in [0.1, 0.15) is 11.9 Å². The summed E-state index contributed by atoms with van der Waals surface area (Å²) in [5.74, 6) is 0.120. The first-order valence-electron chi connectivity index (χ1n) is 13.3. The molecular formula is C31H33BrN4O3. The summed E-state index contributed by atoms with van der Waals surface area (Å²) in [6.07, 6.45) is 0. The molecule has 5 rings (SSSR count). The van der Waals surface area contributed by atoms with E-state index < -0.39 is 12.0 Å². The number of fused-ring (bicyclic) bond motifs is 1. The third-order valence-electron chi connectivity index (χ3n) is 8.09. The number of aryl methyl sites for hydroxylation is 1.